The van der Waals surface area contributed by atoms with Gasteiger partial charge < -0.3 is 10.2 Å². The molecule has 1 aliphatic rings. The van der Waals surface area contributed by atoms with Crippen molar-refractivity contribution in [3.05, 3.63) is 72.3 Å². The summed E-state index contributed by atoms with van der Waals surface area (Å²) >= 11 is 0. The fraction of sp³-hybridized carbons (Fsp3) is 0.360. The first-order valence-corrected chi connectivity index (χ1v) is 11.0. The molecule has 0 saturated carbocycles. The maximum atomic E-state index is 13.4. The molecule has 32 heavy (non-hydrogen) atoms. The van der Waals surface area contributed by atoms with Gasteiger partial charge in [-0.3, -0.25) is 19.3 Å². The van der Waals surface area contributed by atoms with Crippen LogP contribution >= 0.6 is 0 Å². The van der Waals surface area contributed by atoms with Crippen molar-refractivity contribution in [2.75, 3.05) is 13.1 Å². The van der Waals surface area contributed by atoms with Crippen molar-refractivity contribution in [1.29, 1.82) is 0 Å². The van der Waals surface area contributed by atoms with Gasteiger partial charge in [0.15, 0.2) is 0 Å². The molecule has 1 N–H and O–H groups in total. The van der Waals surface area contributed by atoms with Crippen LogP contribution in [0.25, 0.3) is 11.1 Å². The molecule has 1 saturated heterocycles. The first-order valence-electron chi connectivity index (χ1n) is 11.0. The molecule has 0 radical (unpaired) electrons. The van der Waals surface area contributed by atoms with Gasteiger partial charge in [-0.15, -0.1) is 0 Å². The van der Waals surface area contributed by atoms with Crippen LogP contribution < -0.4 is 5.32 Å². The first-order chi connectivity index (χ1) is 15.4. The highest BCUT2D eigenvalue weighted by atomic mass is 16.2. The van der Waals surface area contributed by atoms with E-state index in [1.54, 1.807) is 41.3 Å². The van der Waals surface area contributed by atoms with E-state index >= 15 is 0 Å². The Morgan fingerprint density at radius 3 is 2.59 bits per heavy atom. The van der Waals surface area contributed by atoms with Crippen LogP contribution in [-0.4, -0.2) is 50.6 Å². The number of carbonyl (C=O) groups is 2. The minimum absolute atomic E-state index is 0.00173. The van der Waals surface area contributed by atoms with Crippen LogP contribution in [0.5, 0.6) is 0 Å². The fourth-order valence-electron chi connectivity index (χ4n) is 4.36. The number of carbonyl (C=O) groups excluding carboxylic acids is 2. The lowest BCUT2D eigenvalue weighted by molar-refractivity contribution is -0.130. The van der Waals surface area contributed by atoms with Crippen LogP contribution in [0, 0.1) is 5.41 Å². The Balaban J connectivity index is 1.61. The van der Waals surface area contributed by atoms with E-state index in [0.29, 0.717) is 31.6 Å². The number of pyridine rings is 1. The van der Waals surface area contributed by atoms with Crippen molar-refractivity contribution in [1.82, 2.24) is 25.0 Å². The molecule has 0 bridgehead atoms. The Kier molecular flexibility index (Phi) is 6.08. The molecule has 0 spiro atoms. The third-order valence-electron chi connectivity index (χ3n) is 5.96. The number of likely N-dealkylation sites (tertiary alicyclic amines) is 1. The summed E-state index contributed by atoms with van der Waals surface area (Å²) in [6, 6.07) is 14.0. The van der Waals surface area contributed by atoms with Gasteiger partial charge in [0.1, 0.15) is 5.69 Å². The van der Waals surface area contributed by atoms with E-state index in [0.717, 1.165) is 16.7 Å². The first kappa shape index (κ1) is 21.7. The zero-order valence-corrected chi connectivity index (χ0v) is 18.8. The third-order valence-corrected chi connectivity index (χ3v) is 5.96. The molecular weight excluding hydrogens is 402 g/mol. The predicted molar refractivity (Wildman–Crippen MR) is 123 cm³/mol. The van der Waals surface area contributed by atoms with Gasteiger partial charge in [-0.1, -0.05) is 24.3 Å². The summed E-state index contributed by atoms with van der Waals surface area (Å²) in [6.07, 6.45) is 6.49. The molecule has 3 heterocycles. The Labute approximate surface area is 188 Å². The van der Waals surface area contributed by atoms with Crippen LogP contribution in [0.3, 0.4) is 0 Å². The number of nitrogens with one attached hydrogen (secondary N) is 1. The Hall–Kier alpha value is -3.48. The maximum absolute atomic E-state index is 13.4. The van der Waals surface area contributed by atoms with Gasteiger partial charge in [0.25, 0.3) is 5.91 Å². The number of aromatic nitrogens is 3. The molecule has 7 heteroatoms. The average Bonchev–Trinajstić information content (AvgIpc) is 3.41. The highest BCUT2D eigenvalue weighted by molar-refractivity contribution is 5.93. The molecule has 1 atom stereocenters. The van der Waals surface area contributed by atoms with Gasteiger partial charge >= 0.3 is 0 Å². The SMILES string of the molecule is CC(C)NC(=O)[C@@]1(Cc2cccc(-c3ccncc3)c2)CCN(C(=O)c2ccn(C)n2)C1. The molecule has 1 aromatic carbocycles. The Morgan fingerprint density at radius 1 is 1.12 bits per heavy atom. The number of hydrogen-bond donors (Lipinski definition) is 1. The van der Waals surface area contributed by atoms with Crippen LogP contribution in [0.15, 0.2) is 61.1 Å². The molecule has 0 unspecified atom stereocenters. The van der Waals surface area contributed by atoms with Crippen molar-refractivity contribution in [2.45, 2.75) is 32.7 Å². The smallest absolute Gasteiger partial charge is 0.274 e. The van der Waals surface area contributed by atoms with Crippen LogP contribution in [-0.2, 0) is 18.3 Å². The molecule has 166 valence electrons. The number of benzene rings is 1. The second-order valence-corrected chi connectivity index (χ2v) is 8.87. The molecule has 7 nitrogen and oxygen atoms in total. The molecule has 3 aromatic rings. The van der Waals surface area contributed by atoms with Crippen molar-refractivity contribution in [3.8, 4) is 11.1 Å². The van der Waals surface area contributed by atoms with Gasteiger partial charge in [-0.25, -0.2) is 0 Å². The highest BCUT2D eigenvalue weighted by Gasteiger charge is 2.46. The molecule has 0 aliphatic carbocycles. The molecular formula is C25H29N5O2. The zero-order valence-electron chi connectivity index (χ0n) is 18.8. The summed E-state index contributed by atoms with van der Waals surface area (Å²) in [5, 5.41) is 7.34. The summed E-state index contributed by atoms with van der Waals surface area (Å²) in [5.74, 6) is -0.131. The fourth-order valence-corrected chi connectivity index (χ4v) is 4.36. The van der Waals surface area contributed by atoms with E-state index < -0.39 is 5.41 Å². The summed E-state index contributed by atoms with van der Waals surface area (Å²) in [5.41, 5.74) is 2.98. The number of rotatable bonds is 6. The summed E-state index contributed by atoms with van der Waals surface area (Å²) in [6.45, 7) is 4.83. The van der Waals surface area contributed by atoms with Crippen LogP contribution in [0.1, 0.15) is 36.3 Å². The lowest BCUT2D eigenvalue weighted by Crippen LogP contribution is -2.47. The average molecular weight is 432 g/mol. The van der Waals surface area contributed by atoms with Crippen LogP contribution in [0.2, 0.25) is 0 Å². The van der Waals surface area contributed by atoms with E-state index in [-0.39, 0.29) is 17.9 Å². The number of hydrogen-bond acceptors (Lipinski definition) is 4. The van der Waals surface area contributed by atoms with E-state index in [4.69, 9.17) is 0 Å². The molecule has 1 aliphatic heterocycles. The summed E-state index contributed by atoms with van der Waals surface area (Å²) < 4.78 is 1.62. The van der Waals surface area contributed by atoms with Gasteiger partial charge in [0, 0.05) is 44.8 Å². The monoisotopic (exact) mass is 431 g/mol. The highest BCUT2D eigenvalue weighted by Crippen LogP contribution is 2.36. The van der Waals surface area contributed by atoms with Crippen molar-refractivity contribution in [2.24, 2.45) is 12.5 Å². The number of aryl methyl sites for hydroxylation is 1. The van der Waals surface area contributed by atoms with Crippen LogP contribution in [0.4, 0.5) is 0 Å². The van der Waals surface area contributed by atoms with Crippen molar-refractivity contribution >= 4 is 11.8 Å². The molecule has 4 rings (SSSR count). The standard InChI is InChI=1S/C25H29N5O2/c1-18(2)27-24(32)25(10-14-30(17-25)23(31)22-9-13-29(3)28-22)16-19-5-4-6-21(15-19)20-7-11-26-12-8-20/h4-9,11-13,15,18H,10,14,16-17H2,1-3H3,(H,27,32)/t25-/m1/s1. The Morgan fingerprint density at radius 2 is 1.91 bits per heavy atom. The molecule has 1 fully saturated rings. The van der Waals surface area contributed by atoms with Gasteiger partial charge in [0.2, 0.25) is 5.91 Å². The predicted octanol–water partition coefficient (Wildman–Crippen LogP) is 3.08. The van der Waals surface area contributed by atoms with E-state index in [2.05, 4.69) is 33.6 Å². The van der Waals surface area contributed by atoms with Gasteiger partial charge in [-0.2, -0.15) is 5.10 Å². The normalized spacial score (nSPS) is 18.2. The van der Waals surface area contributed by atoms with E-state index in [9.17, 15) is 9.59 Å². The lowest BCUT2D eigenvalue weighted by Gasteiger charge is -2.29. The topological polar surface area (TPSA) is 80.1 Å². The third kappa shape index (κ3) is 4.56. The zero-order chi connectivity index (χ0) is 22.7. The number of amides is 2. The van der Waals surface area contributed by atoms with E-state index in [1.165, 1.54) is 0 Å². The minimum atomic E-state index is -0.675. The van der Waals surface area contributed by atoms with E-state index in [1.807, 2.05) is 32.0 Å². The van der Waals surface area contributed by atoms with Gasteiger partial charge in [-0.05, 0) is 61.6 Å². The summed E-state index contributed by atoms with van der Waals surface area (Å²) in [7, 11) is 1.79. The van der Waals surface area contributed by atoms with Crippen molar-refractivity contribution < 1.29 is 9.59 Å². The second-order valence-electron chi connectivity index (χ2n) is 8.87. The molecule has 2 aromatic heterocycles. The van der Waals surface area contributed by atoms with Gasteiger partial charge in [0.05, 0.1) is 5.41 Å². The molecule has 2 amide bonds. The second kappa shape index (κ2) is 8.94. The minimum Gasteiger partial charge on any atom is -0.353 e. The summed E-state index contributed by atoms with van der Waals surface area (Å²) in [4.78, 5) is 32.2. The number of nitrogens with zero attached hydrogens (tertiary/aromatic N) is 4. The quantitative estimate of drug-likeness (QED) is 0.650. The van der Waals surface area contributed by atoms with Crippen molar-refractivity contribution in [3.63, 3.8) is 0 Å². The maximum Gasteiger partial charge on any atom is 0.274 e. The Bertz CT molecular complexity index is 1110. The largest absolute Gasteiger partial charge is 0.353 e. The lowest BCUT2D eigenvalue weighted by atomic mass is 9.79.